The minimum absolute atomic E-state index is 0.102. The van der Waals surface area contributed by atoms with Crippen molar-refractivity contribution in [3.05, 3.63) is 17.3 Å². The quantitative estimate of drug-likeness (QED) is 0.802. The summed E-state index contributed by atoms with van der Waals surface area (Å²) < 4.78 is 1.94. The third-order valence-corrected chi connectivity index (χ3v) is 7.60. The van der Waals surface area contributed by atoms with Crippen molar-refractivity contribution in [1.82, 2.24) is 19.5 Å². The van der Waals surface area contributed by atoms with E-state index in [2.05, 4.69) is 15.0 Å². The van der Waals surface area contributed by atoms with E-state index >= 15 is 0 Å². The van der Waals surface area contributed by atoms with Crippen molar-refractivity contribution in [3.8, 4) is 0 Å². The second-order valence-corrected chi connectivity index (χ2v) is 8.97. The van der Waals surface area contributed by atoms with E-state index in [9.17, 15) is 10.2 Å². The molecule has 2 bridgehead atoms. The molecule has 6 nitrogen and oxygen atoms in total. The zero-order valence-corrected chi connectivity index (χ0v) is 14.6. The molecule has 2 aromatic heterocycles. The molecule has 2 N–H and O–H groups in total. The number of rotatable bonds is 2. The third kappa shape index (κ3) is 1.85. The predicted molar refractivity (Wildman–Crippen MR) is 91.2 cm³/mol. The molecule has 4 saturated carbocycles. The lowest BCUT2D eigenvalue weighted by atomic mass is 9.80. The molecule has 4 aliphatic carbocycles. The maximum atomic E-state index is 10.5. The first-order valence-electron chi connectivity index (χ1n) is 9.34. The topological polar surface area (TPSA) is 84.1 Å². The van der Waals surface area contributed by atoms with Crippen LogP contribution in [-0.2, 0) is 5.41 Å². The van der Waals surface area contributed by atoms with Crippen molar-refractivity contribution in [2.24, 2.45) is 17.8 Å². The number of aromatic nitrogens is 4. The molecule has 0 radical (unpaired) electrons. The molecule has 132 valence electrons. The van der Waals surface area contributed by atoms with E-state index in [-0.39, 0.29) is 22.7 Å². The van der Waals surface area contributed by atoms with Crippen LogP contribution in [0.3, 0.4) is 0 Å². The largest absolute Gasteiger partial charge is 0.390 e. The number of aliphatic hydroxyl groups excluding tert-OH is 2. The molecule has 2 heterocycles. The van der Waals surface area contributed by atoms with Crippen molar-refractivity contribution in [2.75, 3.05) is 0 Å². The van der Waals surface area contributed by atoms with Crippen molar-refractivity contribution >= 4 is 22.8 Å². The molecule has 0 saturated heterocycles. The summed E-state index contributed by atoms with van der Waals surface area (Å²) in [5.41, 5.74) is 2.65. The van der Waals surface area contributed by atoms with Gasteiger partial charge in [0.25, 0.3) is 0 Å². The number of fused-ring (bicyclic) bond motifs is 4. The maximum Gasteiger partial charge on any atom is 0.224 e. The van der Waals surface area contributed by atoms with Crippen molar-refractivity contribution in [3.63, 3.8) is 0 Å². The minimum atomic E-state index is -0.765. The summed E-state index contributed by atoms with van der Waals surface area (Å²) in [5, 5.41) is 20.9. The van der Waals surface area contributed by atoms with E-state index in [0.29, 0.717) is 11.6 Å². The van der Waals surface area contributed by atoms with Crippen LogP contribution in [-0.4, -0.2) is 41.9 Å². The van der Waals surface area contributed by atoms with Crippen molar-refractivity contribution < 1.29 is 10.2 Å². The Hall–Kier alpha value is -1.24. The molecule has 0 unspecified atom stereocenters. The monoisotopic (exact) mass is 360 g/mol. The number of halogens is 1. The van der Waals surface area contributed by atoms with E-state index in [0.717, 1.165) is 36.4 Å². The highest BCUT2D eigenvalue weighted by Crippen LogP contribution is 2.59. The van der Waals surface area contributed by atoms with Gasteiger partial charge < -0.3 is 14.8 Å². The Morgan fingerprint density at radius 3 is 2.56 bits per heavy atom. The number of aliphatic hydroxyl groups is 2. The molecule has 5 atom stereocenters. The fourth-order valence-corrected chi connectivity index (χ4v) is 6.27. The van der Waals surface area contributed by atoms with Crippen molar-refractivity contribution in [2.45, 2.75) is 62.2 Å². The van der Waals surface area contributed by atoms with Gasteiger partial charge in [0, 0.05) is 5.41 Å². The summed E-state index contributed by atoms with van der Waals surface area (Å²) in [4.78, 5) is 13.7. The lowest BCUT2D eigenvalue weighted by Gasteiger charge is -2.26. The van der Waals surface area contributed by atoms with E-state index in [4.69, 9.17) is 11.6 Å². The highest BCUT2D eigenvalue weighted by molar-refractivity contribution is 6.28. The van der Waals surface area contributed by atoms with Gasteiger partial charge in [-0.2, -0.15) is 4.98 Å². The average molecular weight is 361 g/mol. The molecule has 6 rings (SSSR count). The van der Waals surface area contributed by atoms with Gasteiger partial charge >= 0.3 is 0 Å². The van der Waals surface area contributed by atoms with E-state index in [1.54, 1.807) is 6.33 Å². The maximum absolute atomic E-state index is 10.5. The zero-order chi connectivity index (χ0) is 16.9. The molecule has 4 aliphatic rings. The second-order valence-electron chi connectivity index (χ2n) is 8.63. The molecule has 0 spiro atoms. The van der Waals surface area contributed by atoms with Gasteiger partial charge in [0.05, 0.1) is 24.2 Å². The van der Waals surface area contributed by atoms with Gasteiger partial charge in [-0.1, -0.05) is 0 Å². The average Bonchev–Trinajstić information content (AvgIpc) is 2.92. The van der Waals surface area contributed by atoms with Crippen LogP contribution in [0.1, 0.15) is 50.3 Å². The van der Waals surface area contributed by atoms with Crippen LogP contribution in [0.25, 0.3) is 11.2 Å². The Kier molecular flexibility index (Phi) is 2.81. The van der Waals surface area contributed by atoms with Crippen molar-refractivity contribution in [1.29, 1.82) is 0 Å². The highest BCUT2D eigenvalue weighted by Gasteiger charge is 2.60. The summed E-state index contributed by atoms with van der Waals surface area (Å²) in [7, 11) is 0. The summed E-state index contributed by atoms with van der Waals surface area (Å²) >= 11 is 6.31. The first-order valence-corrected chi connectivity index (χ1v) is 9.72. The first-order chi connectivity index (χ1) is 12.1. The fraction of sp³-hybridized carbons (Fsp3) is 0.722. The van der Waals surface area contributed by atoms with Crippen LogP contribution in [0, 0.1) is 17.8 Å². The SMILES string of the molecule is O[C@@H]1[C@H](O)[C@@H]2C[C@@H]2[C@H]1n1cnc2c(C34CCC(CC3)C4)nc(Cl)nc21. The normalized spacial score (nSPS) is 44.6. The van der Waals surface area contributed by atoms with Crippen LogP contribution in [0.2, 0.25) is 5.28 Å². The summed E-state index contributed by atoms with van der Waals surface area (Å²) in [6, 6.07) is -0.166. The molecule has 0 aliphatic heterocycles. The molecular weight excluding hydrogens is 340 g/mol. The summed E-state index contributed by atoms with van der Waals surface area (Å²) in [6.45, 7) is 0. The first kappa shape index (κ1) is 14.9. The van der Waals surface area contributed by atoms with Gasteiger partial charge in [0.15, 0.2) is 5.65 Å². The van der Waals surface area contributed by atoms with E-state index in [1.807, 2.05) is 4.57 Å². The van der Waals surface area contributed by atoms with Gasteiger partial charge in [-0.25, -0.2) is 9.97 Å². The Balaban J connectivity index is 1.52. The Morgan fingerprint density at radius 1 is 1.12 bits per heavy atom. The molecule has 4 fully saturated rings. The molecule has 0 aromatic carbocycles. The molecule has 2 aromatic rings. The predicted octanol–water partition coefficient (Wildman–Crippen LogP) is 2.22. The van der Waals surface area contributed by atoms with Crippen LogP contribution >= 0.6 is 11.6 Å². The zero-order valence-electron chi connectivity index (χ0n) is 13.8. The molecule has 7 heteroatoms. The summed E-state index contributed by atoms with van der Waals surface area (Å²) in [6.07, 6.45) is 7.33. The van der Waals surface area contributed by atoms with Gasteiger partial charge in [-0.05, 0) is 67.9 Å². The molecule has 25 heavy (non-hydrogen) atoms. The minimum Gasteiger partial charge on any atom is -0.390 e. The Morgan fingerprint density at radius 2 is 1.92 bits per heavy atom. The second kappa shape index (κ2) is 4.72. The Bertz CT molecular complexity index is 875. The lowest BCUT2D eigenvalue weighted by Crippen LogP contribution is -2.31. The van der Waals surface area contributed by atoms with Gasteiger partial charge in [-0.3, -0.25) is 0 Å². The molecular formula is C18H21ClN4O2. The number of imidazole rings is 1. The number of nitrogens with zero attached hydrogens (tertiary/aromatic N) is 4. The highest BCUT2D eigenvalue weighted by atomic mass is 35.5. The summed E-state index contributed by atoms with van der Waals surface area (Å²) in [5.74, 6) is 1.32. The van der Waals surface area contributed by atoms with Gasteiger partial charge in [0.2, 0.25) is 5.28 Å². The van der Waals surface area contributed by atoms with Crippen LogP contribution in [0.15, 0.2) is 6.33 Å². The third-order valence-electron chi connectivity index (χ3n) is 7.43. The van der Waals surface area contributed by atoms with Crippen LogP contribution in [0.5, 0.6) is 0 Å². The van der Waals surface area contributed by atoms with Crippen LogP contribution in [0.4, 0.5) is 0 Å². The number of hydrogen-bond acceptors (Lipinski definition) is 5. The van der Waals surface area contributed by atoms with Gasteiger partial charge in [-0.15, -0.1) is 0 Å². The standard InChI is InChI=1S/C18H21ClN4O2/c19-17-21-15(18-3-1-8(6-18)2-4-18)11-16(22-17)23(7-20-11)12-9-5-10(9)13(24)14(12)25/h7-10,12-14,24-25H,1-6H2/t8?,9-,10+,12+,13+,14-,18?/m0/s1. The fourth-order valence-electron chi connectivity index (χ4n) is 6.10. The van der Waals surface area contributed by atoms with E-state index < -0.39 is 12.2 Å². The van der Waals surface area contributed by atoms with Gasteiger partial charge in [0.1, 0.15) is 11.6 Å². The van der Waals surface area contributed by atoms with E-state index in [1.165, 1.54) is 19.3 Å². The molecule has 0 amide bonds. The smallest absolute Gasteiger partial charge is 0.224 e. The van der Waals surface area contributed by atoms with Crippen LogP contribution < -0.4 is 0 Å². The number of hydrogen-bond donors (Lipinski definition) is 2. The lowest BCUT2D eigenvalue weighted by molar-refractivity contribution is 0.00386. The Labute approximate surface area is 150 Å².